The van der Waals surface area contributed by atoms with Crippen molar-refractivity contribution in [2.75, 3.05) is 7.11 Å². The van der Waals surface area contributed by atoms with Crippen LogP contribution in [-0.2, 0) is 6.42 Å². The summed E-state index contributed by atoms with van der Waals surface area (Å²) in [5, 5.41) is 12.8. The number of methoxy groups -OCH3 is 1. The maximum Gasteiger partial charge on any atom is 0.122 e. The lowest BCUT2D eigenvalue weighted by molar-refractivity contribution is 0.178. The van der Waals surface area contributed by atoms with Crippen LogP contribution in [0.1, 0.15) is 22.4 Å². The van der Waals surface area contributed by atoms with Gasteiger partial charge in [-0.25, -0.2) is 4.98 Å². The highest BCUT2D eigenvalue weighted by Gasteiger charge is 2.12. The SMILES string of the molecule is COc1cccc(CC(O)c2nc(C)cs2)c1. The fraction of sp³-hybridized carbons (Fsp3) is 0.308. The fourth-order valence-electron chi connectivity index (χ4n) is 1.64. The van der Waals surface area contributed by atoms with Gasteiger partial charge in [0.05, 0.1) is 7.11 Å². The molecule has 0 radical (unpaired) electrons. The first-order chi connectivity index (χ1) is 8.19. The van der Waals surface area contributed by atoms with Gasteiger partial charge in [0.25, 0.3) is 0 Å². The largest absolute Gasteiger partial charge is 0.497 e. The molecule has 2 rings (SSSR count). The number of aliphatic hydroxyl groups excluding tert-OH is 1. The highest BCUT2D eigenvalue weighted by atomic mass is 32.1. The van der Waals surface area contributed by atoms with E-state index in [1.165, 1.54) is 11.3 Å². The van der Waals surface area contributed by atoms with E-state index >= 15 is 0 Å². The van der Waals surface area contributed by atoms with E-state index in [1.807, 2.05) is 36.6 Å². The maximum absolute atomic E-state index is 10.1. The normalized spacial score (nSPS) is 12.4. The molecule has 2 aromatic rings. The molecule has 1 aromatic carbocycles. The number of aromatic nitrogens is 1. The highest BCUT2D eigenvalue weighted by molar-refractivity contribution is 7.09. The number of rotatable bonds is 4. The van der Waals surface area contributed by atoms with Gasteiger partial charge >= 0.3 is 0 Å². The summed E-state index contributed by atoms with van der Waals surface area (Å²) in [7, 11) is 1.64. The maximum atomic E-state index is 10.1. The number of thiazole rings is 1. The number of hydrogen-bond donors (Lipinski definition) is 1. The van der Waals surface area contributed by atoms with Gasteiger partial charge in [0.1, 0.15) is 16.9 Å². The fourth-order valence-corrected chi connectivity index (χ4v) is 2.42. The molecule has 0 fully saturated rings. The van der Waals surface area contributed by atoms with E-state index in [4.69, 9.17) is 4.74 Å². The lowest BCUT2D eigenvalue weighted by atomic mass is 10.1. The zero-order valence-electron chi connectivity index (χ0n) is 9.88. The van der Waals surface area contributed by atoms with Gasteiger partial charge in [0.15, 0.2) is 0 Å². The molecule has 1 atom stereocenters. The van der Waals surface area contributed by atoms with Crippen molar-refractivity contribution in [3.05, 3.63) is 45.9 Å². The van der Waals surface area contributed by atoms with Crippen molar-refractivity contribution in [1.82, 2.24) is 4.98 Å². The average molecular weight is 249 g/mol. The summed E-state index contributed by atoms with van der Waals surface area (Å²) in [6.45, 7) is 1.93. The van der Waals surface area contributed by atoms with Crippen LogP contribution >= 0.6 is 11.3 Å². The molecule has 0 saturated heterocycles. The number of hydrogen-bond acceptors (Lipinski definition) is 4. The molecule has 17 heavy (non-hydrogen) atoms. The third-order valence-electron chi connectivity index (χ3n) is 2.49. The summed E-state index contributed by atoms with van der Waals surface area (Å²) in [6, 6.07) is 7.73. The minimum atomic E-state index is -0.541. The lowest BCUT2D eigenvalue weighted by Gasteiger charge is -2.08. The molecular formula is C13H15NO2S. The molecule has 1 heterocycles. The second-order valence-corrected chi connectivity index (χ2v) is 4.79. The standard InChI is InChI=1S/C13H15NO2S/c1-9-8-17-13(14-9)12(15)7-10-4-3-5-11(6-10)16-2/h3-6,8,12,15H,7H2,1-2H3. The Bertz CT molecular complexity index is 496. The van der Waals surface area contributed by atoms with Crippen molar-refractivity contribution in [2.24, 2.45) is 0 Å². The van der Waals surface area contributed by atoms with Gasteiger partial charge in [-0.2, -0.15) is 0 Å². The van der Waals surface area contributed by atoms with Crippen LogP contribution in [0.3, 0.4) is 0 Å². The van der Waals surface area contributed by atoms with Crippen molar-refractivity contribution < 1.29 is 9.84 Å². The number of nitrogens with zero attached hydrogens (tertiary/aromatic N) is 1. The van der Waals surface area contributed by atoms with Gasteiger partial charge < -0.3 is 9.84 Å². The molecular weight excluding hydrogens is 234 g/mol. The first-order valence-electron chi connectivity index (χ1n) is 5.42. The summed E-state index contributed by atoms with van der Waals surface area (Å²) in [4.78, 5) is 4.29. The Hall–Kier alpha value is -1.39. The first-order valence-corrected chi connectivity index (χ1v) is 6.30. The van der Waals surface area contributed by atoms with E-state index in [-0.39, 0.29) is 0 Å². The summed E-state index contributed by atoms with van der Waals surface area (Å²) in [6.07, 6.45) is 0.0188. The monoisotopic (exact) mass is 249 g/mol. The summed E-state index contributed by atoms with van der Waals surface area (Å²) in [5.74, 6) is 0.810. The molecule has 1 unspecified atom stereocenters. The van der Waals surface area contributed by atoms with Crippen LogP contribution in [-0.4, -0.2) is 17.2 Å². The second-order valence-electron chi connectivity index (χ2n) is 3.90. The van der Waals surface area contributed by atoms with Gasteiger partial charge in [-0.05, 0) is 24.6 Å². The topological polar surface area (TPSA) is 42.4 Å². The van der Waals surface area contributed by atoms with E-state index in [0.717, 1.165) is 22.0 Å². The smallest absolute Gasteiger partial charge is 0.122 e. The molecule has 0 saturated carbocycles. The van der Waals surface area contributed by atoms with Crippen LogP contribution in [0, 0.1) is 6.92 Å². The predicted molar refractivity (Wildman–Crippen MR) is 68.5 cm³/mol. The molecule has 0 aliphatic heterocycles. The Balaban J connectivity index is 2.09. The Labute approximate surface area is 105 Å². The van der Waals surface area contributed by atoms with Crippen LogP contribution in [0.15, 0.2) is 29.6 Å². The van der Waals surface area contributed by atoms with Crippen molar-refractivity contribution >= 4 is 11.3 Å². The minimum absolute atomic E-state index is 0.541. The Kier molecular flexibility index (Phi) is 3.76. The van der Waals surface area contributed by atoms with Crippen molar-refractivity contribution in [2.45, 2.75) is 19.4 Å². The van der Waals surface area contributed by atoms with Crippen molar-refractivity contribution in [3.63, 3.8) is 0 Å². The van der Waals surface area contributed by atoms with Crippen LogP contribution in [0.4, 0.5) is 0 Å². The van der Waals surface area contributed by atoms with E-state index in [1.54, 1.807) is 7.11 Å². The quantitative estimate of drug-likeness (QED) is 0.906. The molecule has 0 spiro atoms. The molecule has 0 aliphatic carbocycles. The second kappa shape index (κ2) is 5.29. The van der Waals surface area contributed by atoms with E-state index in [2.05, 4.69) is 4.98 Å². The van der Waals surface area contributed by atoms with Crippen molar-refractivity contribution in [1.29, 1.82) is 0 Å². The number of ether oxygens (including phenoxy) is 1. The highest BCUT2D eigenvalue weighted by Crippen LogP contribution is 2.23. The summed E-state index contributed by atoms with van der Waals surface area (Å²) >= 11 is 1.49. The molecule has 0 aliphatic rings. The number of benzene rings is 1. The minimum Gasteiger partial charge on any atom is -0.497 e. The molecule has 0 bridgehead atoms. The average Bonchev–Trinajstić information content (AvgIpc) is 2.76. The Morgan fingerprint density at radius 3 is 2.94 bits per heavy atom. The van der Waals surface area contributed by atoms with Crippen molar-refractivity contribution in [3.8, 4) is 5.75 Å². The van der Waals surface area contributed by atoms with Gasteiger partial charge in [-0.3, -0.25) is 0 Å². The van der Waals surface area contributed by atoms with E-state index < -0.39 is 6.10 Å². The van der Waals surface area contributed by atoms with Crippen LogP contribution in [0.25, 0.3) is 0 Å². The molecule has 4 heteroatoms. The lowest BCUT2D eigenvalue weighted by Crippen LogP contribution is -2.01. The molecule has 1 aromatic heterocycles. The van der Waals surface area contributed by atoms with Gasteiger partial charge in [0, 0.05) is 17.5 Å². The Morgan fingerprint density at radius 2 is 2.29 bits per heavy atom. The molecule has 1 N–H and O–H groups in total. The Morgan fingerprint density at radius 1 is 1.47 bits per heavy atom. The summed E-state index contributed by atoms with van der Waals surface area (Å²) in [5.41, 5.74) is 2.00. The molecule has 3 nitrogen and oxygen atoms in total. The molecule has 90 valence electrons. The third kappa shape index (κ3) is 3.05. The summed E-state index contributed by atoms with van der Waals surface area (Å²) < 4.78 is 5.15. The van der Waals surface area contributed by atoms with Crippen LogP contribution in [0.5, 0.6) is 5.75 Å². The zero-order valence-corrected chi connectivity index (χ0v) is 10.7. The van der Waals surface area contributed by atoms with Gasteiger partial charge in [-0.1, -0.05) is 12.1 Å². The first kappa shape index (κ1) is 12.1. The van der Waals surface area contributed by atoms with Crippen LogP contribution < -0.4 is 4.74 Å². The van der Waals surface area contributed by atoms with Crippen LogP contribution in [0.2, 0.25) is 0 Å². The number of aryl methyl sites for hydroxylation is 1. The predicted octanol–water partition coefficient (Wildman–Crippen LogP) is 2.74. The van der Waals surface area contributed by atoms with E-state index in [0.29, 0.717) is 6.42 Å². The molecule has 0 amide bonds. The number of aliphatic hydroxyl groups is 1. The zero-order chi connectivity index (χ0) is 12.3. The van der Waals surface area contributed by atoms with E-state index in [9.17, 15) is 5.11 Å². The van der Waals surface area contributed by atoms with Gasteiger partial charge in [-0.15, -0.1) is 11.3 Å². The third-order valence-corrected chi connectivity index (χ3v) is 3.55. The van der Waals surface area contributed by atoms with Gasteiger partial charge in [0.2, 0.25) is 0 Å².